The number of amides is 2. The summed E-state index contributed by atoms with van der Waals surface area (Å²) in [6.45, 7) is 5.73. The molecule has 0 aliphatic heterocycles. The van der Waals surface area contributed by atoms with Crippen molar-refractivity contribution < 1.29 is 18.0 Å². The fourth-order valence-electron chi connectivity index (χ4n) is 4.21. The lowest BCUT2D eigenvalue weighted by Crippen LogP contribution is -2.53. The summed E-state index contributed by atoms with van der Waals surface area (Å²) in [5.41, 5.74) is 2.56. The molecular weight excluding hydrogens is 569 g/mol. The number of benzene rings is 3. The number of nitrogens with zero attached hydrogens (tertiary/aromatic N) is 2. The minimum Gasteiger partial charge on any atom is -0.354 e. The Balaban J connectivity index is 2.06. The fourth-order valence-corrected chi connectivity index (χ4v) is 5.40. The molecule has 0 unspecified atom stereocenters. The topological polar surface area (TPSA) is 86.8 Å². The van der Waals surface area contributed by atoms with E-state index in [1.807, 2.05) is 44.2 Å². The van der Waals surface area contributed by atoms with Gasteiger partial charge in [0.25, 0.3) is 0 Å². The average Bonchev–Trinajstić information content (AvgIpc) is 2.90. The zero-order valence-corrected chi connectivity index (χ0v) is 25.4. The molecule has 0 heterocycles. The molecule has 1 N–H and O–H groups in total. The van der Waals surface area contributed by atoms with Gasteiger partial charge in [0.05, 0.1) is 11.9 Å². The van der Waals surface area contributed by atoms with Crippen LogP contribution in [0.2, 0.25) is 10.0 Å². The standard InChI is InChI=1S/C30H35Cl2N3O4S/c1-21(2)18-33-30(37)28(16-23-8-6-5-7-9-23)34(19-24-11-14-25(31)15-12-24)29(36)20-35(40(4,38)39)27-17-26(32)13-10-22(27)3/h5-15,17,21,28H,16,18-20H2,1-4H3,(H,33,37)/t28-/m1/s1. The van der Waals surface area contributed by atoms with Gasteiger partial charge >= 0.3 is 0 Å². The lowest BCUT2D eigenvalue weighted by molar-refractivity contribution is -0.140. The van der Waals surface area contributed by atoms with Gasteiger partial charge in [-0.25, -0.2) is 8.42 Å². The molecule has 3 aromatic rings. The first-order valence-electron chi connectivity index (χ1n) is 12.9. The summed E-state index contributed by atoms with van der Waals surface area (Å²) < 4.78 is 26.9. The van der Waals surface area contributed by atoms with E-state index >= 15 is 0 Å². The number of hydrogen-bond donors (Lipinski definition) is 1. The molecule has 3 aromatic carbocycles. The van der Waals surface area contributed by atoms with Gasteiger partial charge in [-0.05, 0) is 53.8 Å². The first-order chi connectivity index (χ1) is 18.8. The molecule has 40 heavy (non-hydrogen) atoms. The van der Waals surface area contributed by atoms with E-state index in [1.54, 1.807) is 43.3 Å². The highest BCUT2D eigenvalue weighted by molar-refractivity contribution is 7.92. The van der Waals surface area contributed by atoms with Gasteiger partial charge < -0.3 is 10.2 Å². The third kappa shape index (κ3) is 8.98. The molecule has 3 rings (SSSR count). The Morgan fingerprint density at radius 2 is 1.52 bits per heavy atom. The average molecular weight is 605 g/mol. The predicted octanol–water partition coefficient (Wildman–Crippen LogP) is 5.48. The Kier molecular flexibility index (Phi) is 11.0. The van der Waals surface area contributed by atoms with Crippen LogP contribution in [0.3, 0.4) is 0 Å². The number of anilines is 1. The molecule has 2 amide bonds. The van der Waals surface area contributed by atoms with Gasteiger partial charge in [-0.3, -0.25) is 13.9 Å². The summed E-state index contributed by atoms with van der Waals surface area (Å²) in [7, 11) is -3.88. The fraction of sp³-hybridized carbons (Fsp3) is 0.333. The third-order valence-electron chi connectivity index (χ3n) is 6.34. The van der Waals surface area contributed by atoms with Crippen LogP contribution in [-0.2, 0) is 32.6 Å². The Hall–Kier alpha value is -3.07. The van der Waals surface area contributed by atoms with Crippen LogP contribution in [0, 0.1) is 12.8 Å². The van der Waals surface area contributed by atoms with Crippen LogP contribution < -0.4 is 9.62 Å². The molecule has 1 atom stereocenters. The van der Waals surface area contributed by atoms with Crippen LogP contribution in [0.1, 0.15) is 30.5 Å². The molecule has 0 aromatic heterocycles. The van der Waals surface area contributed by atoms with Gasteiger partial charge in [-0.2, -0.15) is 0 Å². The van der Waals surface area contributed by atoms with Gasteiger partial charge in [0.15, 0.2) is 0 Å². The van der Waals surface area contributed by atoms with E-state index in [4.69, 9.17) is 23.2 Å². The van der Waals surface area contributed by atoms with Crippen LogP contribution in [0.25, 0.3) is 0 Å². The van der Waals surface area contributed by atoms with Crippen LogP contribution in [0.4, 0.5) is 5.69 Å². The van der Waals surface area contributed by atoms with E-state index in [1.165, 1.54) is 11.0 Å². The van der Waals surface area contributed by atoms with Crippen LogP contribution >= 0.6 is 23.2 Å². The van der Waals surface area contributed by atoms with E-state index in [0.717, 1.165) is 21.7 Å². The van der Waals surface area contributed by atoms with Gasteiger partial charge in [0.1, 0.15) is 12.6 Å². The van der Waals surface area contributed by atoms with Crippen LogP contribution in [0.15, 0.2) is 72.8 Å². The molecular formula is C30H35Cl2N3O4S. The highest BCUT2D eigenvalue weighted by Crippen LogP contribution is 2.27. The molecule has 214 valence electrons. The van der Waals surface area contributed by atoms with E-state index < -0.39 is 28.5 Å². The maximum Gasteiger partial charge on any atom is 0.244 e. The van der Waals surface area contributed by atoms with E-state index in [2.05, 4.69) is 5.32 Å². The molecule has 0 radical (unpaired) electrons. The van der Waals surface area contributed by atoms with Crippen molar-refractivity contribution in [3.63, 3.8) is 0 Å². The highest BCUT2D eigenvalue weighted by atomic mass is 35.5. The van der Waals surface area contributed by atoms with Crippen molar-refractivity contribution in [3.8, 4) is 0 Å². The van der Waals surface area contributed by atoms with E-state index in [9.17, 15) is 18.0 Å². The van der Waals surface area contributed by atoms with E-state index in [-0.39, 0.29) is 24.8 Å². The van der Waals surface area contributed by atoms with Crippen molar-refractivity contribution in [3.05, 3.63) is 99.5 Å². The maximum absolute atomic E-state index is 14.1. The van der Waals surface area contributed by atoms with Gasteiger partial charge in [-0.1, -0.05) is 85.6 Å². The van der Waals surface area contributed by atoms with Crippen molar-refractivity contribution in [2.24, 2.45) is 5.92 Å². The second kappa shape index (κ2) is 14.0. The van der Waals surface area contributed by atoms with Crippen LogP contribution in [0.5, 0.6) is 0 Å². The first kappa shape index (κ1) is 31.5. The van der Waals surface area contributed by atoms with Crippen molar-refractivity contribution in [2.75, 3.05) is 23.7 Å². The quantitative estimate of drug-likeness (QED) is 0.297. The number of aryl methyl sites for hydroxylation is 1. The largest absolute Gasteiger partial charge is 0.354 e. The highest BCUT2D eigenvalue weighted by Gasteiger charge is 2.33. The summed E-state index contributed by atoms with van der Waals surface area (Å²) >= 11 is 12.3. The molecule has 0 fully saturated rings. The van der Waals surface area contributed by atoms with Crippen molar-refractivity contribution in [1.82, 2.24) is 10.2 Å². The van der Waals surface area contributed by atoms with Crippen molar-refractivity contribution in [1.29, 1.82) is 0 Å². The van der Waals surface area contributed by atoms with Crippen molar-refractivity contribution in [2.45, 2.75) is 39.8 Å². The predicted molar refractivity (Wildman–Crippen MR) is 162 cm³/mol. The van der Waals surface area contributed by atoms with Gasteiger partial charge in [0, 0.05) is 29.6 Å². The van der Waals surface area contributed by atoms with Gasteiger partial charge in [-0.15, -0.1) is 0 Å². The number of rotatable bonds is 12. The first-order valence-corrected chi connectivity index (χ1v) is 15.5. The zero-order chi connectivity index (χ0) is 29.4. The van der Waals surface area contributed by atoms with Crippen molar-refractivity contribution >= 4 is 50.7 Å². The summed E-state index contributed by atoms with van der Waals surface area (Å²) in [5.74, 6) is -0.640. The Labute approximate surface area is 247 Å². The monoisotopic (exact) mass is 603 g/mol. The number of hydrogen-bond acceptors (Lipinski definition) is 4. The number of carbonyl (C=O) groups excluding carboxylic acids is 2. The molecule has 0 bridgehead atoms. The second-order valence-electron chi connectivity index (χ2n) is 10.2. The summed E-state index contributed by atoms with van der Waals surface area (Å²) in [4.78, 5) is 29.2. The minimum atomic E-state index is -3.88. The smallest absolute Gasteiger partial charge is 0.244 e. The maximum atomic E-state index is 14.1. The molecule has 0 spiro atoms. The Morgan fingerprint density at radius 1 is 0.900 bits per heavy atom. The SMILES string of the molecule is Cc1ccc(Cl)cc1N(CC(=O)N(Cc1ccc(Cl)cc1)[C@H](Cc1ccccc1)C(=O)NCC(C)C)S(C)(=O)=O. The van der Waals surface area contributed by atoms with Crippen LogP contribution in [-0.4, -0.2) is 50.5 Å². The Morgan fingerprint density at radius 3 is 2.12 bits per heavy atom. The molecule has 0 saturated carbocycles. The van der Waals surface area contributed by atoms with E-state index in [0.29, 0.717) is 27.8 Å². The molecule has 0 aliphatic rings. The molecule has 0 saturated heterocycles. The molecule has 10 heteroatoms. The normalized spacial score (nSPS) is 12.2. The third-order valence-corrected chi connectivity index (χ3v) is 7.95. The molecule has 0 aliphatic carbocycles. The zero-order valence-electron chi connectivity index (χ0n) is 23.1. The lowest BCUT2D eigenvalue weighted by atomic mass is 10.0. The summed E-state index contributed by atoms with van der Waals surface area (Å²) in [6.07, 6.45) is 1.29. The summed E-state index contributed by atoms with van der Waals surface area (Å²) in [5, 5.41) is 3.84. The summed E-state index contributed by atoms with van der Waals surface area (Å²) in [6, 6.07) is 20.4. The van der Waals surface area contributed by atoms with Gasteiger partial charge in [0.2, 0.25) is 21.8 Å². The minimum absolute atomic E-state index is 0.0781. The Bertz CT molecular complexity index is 1410. The lowest BCUT2D eigenvalue weighted by Gasteiger charge is -2.34. The number of halogens is 2. The second-order valence-corrected chi connectivity index (χ2v) is 13.0. The molecule has 7 nitrogen and oxygen atoms in total. The number of sulfonamides is 1. The number of carbonyl (C=O) groups is 2. The number of nitrogens with one attached hydrogen (secondary N) is 1.